The van der Waals surface area contributed by atoms with E-state index in [9.17, 15) is 0 Å². The molecule has 11 heavy (non-hydrogen) atoms. The monoisotopic (exact) mass is 195 g/mol. The summed E-state index contributed by atoms with van der Waals surface area (Å²) in [4.78, 5) is 0. The van der Waals surface area contributed by atoms with Gasteiger partial charge in [0.2, 0.25) is 0 Å². The Kier molecular flexibility index (Phi) is 46.0. The Morgan fingerprint density at radius 1 is 0.727 bits per heavy atom. The fraction of sp³-hybridized carbons (Fsp3) is 0. The molecule has 0 saturated carbocycles. The van der Waals surface area contributed by atoms with Crippen molar-refractivity contribution >= 4 is 18.3 Å². The second kappa shape index (κ2) is 22.6. The molecule has 0 amide bonds. The first-order valence-electron chi connectivity index (χ1n) is 2.46. The Balaban J connectivity index is -0.0000000350. The summed E-state index contributed by atoms with van der Waals surface area (Å²) in [5.41, 5.74) is 14.5. The van der Waals surface area contributed by atoms with Crippen molar-refractivity contribution in [2.45, 2.75) is 0 Å². The van der Waals surface area contributed by atoms with Crippen LogP contribution in [0.15, 0.2) is 39.5 Å². The smallest absolute Gasteiger partial charge is 0.129 e. The van der Waals surface area contributed by atoms with Gasteiger partial charge in [-0.05, 0) is 11.8 Å². The molecule has 5 heteroatoms. The van der Waals surface area contributed by atoms with Crippen molar-refractivity contribution < 1.29 is 0 Å². The van der Waals surface area contributed by atoms with Crippen molar-refractivity contribution in [1.29, 1.82) is 0 Å². The van der Waals surface area contributed by atoms with E-state index in [0.717, 1.165) is 0 Å². The van der Waals surface area contributed by atoms with Gasteiger partial charge in [-0.25, -0.2) is 0 Å². The highest BCUT2D eigenvalue weighted by atomic mass is 32.4. The minimum absolute atomic E-state index is 2.31. The second-order valence-electron chi connectivity index (χ2n) is 0.763. The third-order valence-corrected chi connectivity index (χ3v) is 0. The van der Waals surface area contributed by atoms with E-state index in [1.165, 1.54) is 0 Å². The lowest BCUT2D eigenvalue weighted by Crippen LogP contribution is -2.11. The van der Waals surface area contributed by atoms with Crippen LogP contribution in [0.3, 0.4) is 0 Å². The molecule has 0 radical (unpaired) electrons. The van der Waals surface area contributed by atoms with Gasteiger partial charge in [0.15, 0.2) is 0 Å². The first-order chi connectivity index (χ1) is 5.00. The molecule has 0 aliphatic carbocycles. The maximum Gasteiger partial charge on any atom is 0.129 e. The largest absolute Gasteiger partial charge is 0.280 e. The normalized spacial score (nSPS) is 6.45. The van der Waals surface area contributed by atoms with Crippen LogP contribution in [-0.4, -0.2) is 0 Å². The zero-order valence-electron chi connectivity index (χ0n) is 6.83. The van der Waals surface area contributed by atoms with Crippen molar-refractivity contribution in [2.75, 3.05) is 0 Å². The standard InChI is InChI=1S/3C2H4.H6N3PS/c3*1-2;1-4(2,3)5/h3*1-2H2;(H6,1,2,3,5). The lowest BCUT2D eigenvalue weighted by Gasteiger charge is -1.94. The fourth-order valence-corrected chi connectivity index (χ4v) is 0. The molecule has 0 bridgehead atoms. The molecule has 6 N–H and O–H groups in total. The van der Waals surface area contributed by atoms with E-state index >= 15 is 0 Å². The van der Waals surface area contributed by atoms with Gasteiger partial charge in [0.05, 0.1) is 0 Å². The van der Waals surface area contributed by atoms with E-state index < -0.39 is 6.49 Å². The minimum atomic E-state index is -2.31. The van der Waals surface area contributed by atoms with Crippen molar-refractivity contribution in [3.63, 3.8) is 0 Å². The summed E-state index contributed by atoms with van der Waals surface area (Å²) in [6.45, 7) is 15.7. The van der Waals surface area contributed by atoms with E-state index in [0.29, 0.717) is 0 Å². The van der Waals surface area contributed by atoms with E-state index in [1.807, 2.05) is 0 Å². The van der Waals surface area contributed by atoms with Crippen LogP contribution in [0.25, 0.3) is 0 Å². The fourth-order valence-electron chi connectivity index (χ4n) is 0. The Morgan fingerprint density at radius 2 is 0.727 bits per heavy atom. The summed E-state index contributed by atoms with van der Waals surface area (Å²) in [6, 6.07) is 0. The first-order valence-corrected chi connectivity index (χ1v) is 5.47. The molecule has 0 aromatic heterocycles. The number of hydrogen-bond donors (Lipinski definition) is 3. The lowest BCUT2D eigenvalue weighted by molar-refractivity contribution is 1.68. The Morgan fingerprint density at radius 3 is 0.727 bits per heavy atom. The van der Waals surface area contributed by atoms with Gasteiger partial charge >= 0.3 is 0 Å². The molecular formula is C6H18N3PS. The van der Waals surface area contributed by atoms with Gasteiger partial charge < -0.3 is 0 Å². The quantitative estimate of drug-likeness (QED) is 0.404. The van der Waals surface area contributed by atoms with Gasteiger partial charge in [0.1, 0.15) is 6.49 Å². The van der Waals surface area contributed by atoms with Crippen molar-refractivity contribution in [3.05, 3.63) is 39.5 Å². The zero-order chi connectivity index (χ0) is 10.5. The van der Waals surface area contributed by atoms with E-state index in [4.69, 9.17) is 16.5 Å². The molecule has 0 aromatic carbocycles. The van der Waals surface area contributed by atoms with Gasteiger partial charge in [-0.3, -0.25) is 16.5 Å². The molecular weight excluding hydrogens is 177 g/mol. The van der Waals surface area contributed by atoms with Crippen LogP contribution in [0.1, 0.15) is 0 Å². The van der Waals surface area contributed by atoms with Gasteiger partial charge in [0, 0.05) is 0 Å². The average molecular weight is 195 g/mol. The molecule has 0 aliphatic heterocycles. The van der Waals surface area contributed by atoms with E-state index in [2.05, 4.69) is 51.3 Å². The molecule has 0 heterocycles. The summed E-state index contributed by atoms with van der Waals surface area (Å²) >= 11 is 4.27. The van der Waals surface area contributed by atoms with Crippen molar-refractivity contribution in [2.24, 2.45) is 16.5 Å². The molecule has 0 fully saturated rings. The Bertz CT molecular complexity index is 89.0. The highest BCUT2D eigenvalue weighted by Gasteiger charge is 1.82. The molecule has 3 nitrogen and oxygen atoms in total. The van der Waals surface area contributed by atoms with Gasteiger partial charge in [0.25, 0.3) is 0 Å². The van der Waals surface area contributed by atoms with Crippen LogP contribution < -0.4 is 16.5 Å². The predicted octanol–water partition coefficient (Wildman–Crippen LogP) is 1.49. The summed E-state index contributed by atoms with van der Waals surface area (Å²) < 4.78 is 0. The molecule has 0 spiro atoms. The molecule has 0 unspecified atom stereocenters. The highest BCUT2D eigenvalue weighted by molar-refractivity contribution is 8.11. The maximum atomic E-state index is 4.84. The van der Waals surface area contributed by atoms with Crippen LogP contribution in [0.4, 0.5) is 0 Å². The topological polar surface area (TPSA) is 78.1 Å². The van der Waals surface area contributed by atoms with Crippen LogP contribution in [0, 0.1) is 0 Å². The van der Waals surface area contributed by atoms with Crippen LogP contribution in [0.5, 0.6) is 0 Å². The lowest BCUT2D eigenvalue weighted by atomic mass is 11.3. The molecule has 0 rings (SSSR count). The van der Waals surface area contributed by atoms with E-state index in [-0.39, 0.29) is 0 Å². The second-order valence-corrected chi connectivity index (χ2v) is 4.19. The molecule has 68 valence electrons. The zero-order valence-corrected chi connectivity index (χ0v) is 8.54. The number of hydrogen-bond acceptors (Lipinski definition) is 1. The SMILES string of the molecule is C=C.C=C.C=C.NP(N)(N)=S. The van der Waals surface area contributed by atoms with Gasteiger partial charge in [-0.15, -0.1) is 39.5 Å². The Hall–Kier alpha value is -0.250. The Labute approximate surface area is 74.8 Å². The van der Waals surface area contributed by atoms with Crippen LogP contribution >= 0.6 is 6.49 Å². The number of rotatable bonds is 0. The summed E-state index contributed by atoms with van der Waals surface area (Å²) in [5, 5.41) is 0. The maximum absolute atomic E-state index is 4.84. The highest BCUT2D eigenvalue weighted by Crippen LogP contribution is 2.07. The third-order valence-electron chi connectivity index (χ3n) is 0. The van der Waals surface area contributed by atoms with Gasteiger partial charge in [-0.1, -0.05) is 0 Å². The summed E-state index contributed by atoms with van der Waals surface area (Å²) in [5.74, 6) is 0. The minimum Gasteiger partial charge on any atom is -0.280 e. The molecule has 0 saturated heterocycles. The molecule has 0 aliphatic rings. The van der Waals surface area contributed by atoms with Crippen LogP contribution in [-0.2, 0) is 11.8 Å². The number of nitrogens with two attached hydrogens (primary N) is 3. The van der Waals surface area contributed by atoms with Crippen molar-refractivity contribution in [1.82, 2.24) is 0 Å². The predicted molar refractivity (Wildman–Crippen MR) is 60.6 cm³/mol. The summed E-state index contributed by atoms with van der Waals surface area (Å²) in [7, 11) is 0. The molecule has 0 aromatic rings. The summed E-state index contributed by atoms with van der Waals surface area (Å²) in [6.07, 6.45) is 0. The van der Waals surface area contributed by atoms with E-state index in [1.54, 1.807) is 0 Å². The van der Waals surface area contributed by atoms with Gasteiger partial charge in [-0.2, -0.15) is 0 Å². The first kappa shape index (κ1) is 22.4. The average Bonchev–Trinajstić information content (AvgIpc) is 1.96. The van der Waals surface area contributed by atoms with Crippen molar-refractivity contribution in [3.8, 4) is 0 Å². The molecule has 0 atom stereocenters. The third kappa shape index (κ3) is 9370. The van der Waals surface area contributed by atoms with Crippen LogP contribution in [0.2, 0.25) is 0 Å².